The highest BCUT2D eigenvalue weighted by Crippen LogP contribution is 2.31. The Morgan fingerprint density at radius 2 is 2.03 bits per heavy atom. The summed E-state index contributed by atoms with van der Waals surface area (Å²) in [6.45, 7) is 4.97. The van der Waals surface area contributed by atoms with E-state index in [4.69, 9.17) is 4.74 Å². The number of anilines is 1. The standard InChI is InChI=1S/C22H29N3O3S2/c1-4-17-7-5-6-12-25(17)20(27)14-29-13-19(26)23-22-24-21(15(2)30-22)16-8-10-18(28-3)11-9-16/h8-11,17H,4-7,12-14H2,1-3H3,(H,23,24,26). The molecule has 1 N–H and O–H groups in total. The van der Waals surface area contributed by atoms with Crippen LogP contribution in [-0.4, -0.2) is 52.9 Å². The Morgan fingerprint density at radius 3 is 2.73 bits per heavy atom. The van der Waals surface area contributed by atoms with Gasteiger partial charge >= 0.3 is 0 Å². The van der Waals surface area contributed by atoms with Crippen LogP contribution in [0.1, 0.15) is 37.5 Å². The highest BCUT2D eigenvalue weighted by atomic mass is 32.2. The molecule has 0 aliphatic carbocycles. The fraction of sp³-hybridized carbons (Fsp3) is 0.500. The molecular formula is C22H29N3O3S2. The minimum Gasteiger partial charge on any atom is -0.497 e. The smallest absolute Gasteiger partial charge is 0.236 e. The number of benzene rings is 1. The van der Waals surface area contributed by atoms with Crippen LogP contribution in [0.4, 0.5) is 5.13 Å². The van der Waals surface area contributed by atoms with Crippen LogP contribution >= 0.6 is 23.1 Å². The van der Waals surface area contributed by atoms with E-state index in [2.05, 4.69) is 17.2 Å². The number of likely N-dealkylation sites (tertiary alicyclic amines) is 1. The van der Waals surface area contributed by atoms with E-state index in [0.29, 0.717) is 16.9 Å². The van der Waals surface area contributed by atoms with Gasteiger partial charge in [-0.15, -0.1) is 23.1 Å². The first-order valence-electron chi connectivity index (χ1n) is 10.3. The van der Waals surface area contributed by atoms with Gasteiger partial charge in [0.2, 0.25) is 11.8 Å². The predicted octanol–water partition coefficient (Wildman–Crippen LogP) is 4.59. The number of thiazole rings is 1. The van der Waals surface area contributed by atoms with Crippen molar-refractivity contribution >= 4 is 40.0 Å². The lowest BCUT2D eigenvalue weighted by molar-refractivity contribution is -0.132. The number of nitrogens with zero attached hydrogens (tertiary/aromatic N) is 2. The molecule has 162 valence electrons. The number of nitrogens with one attached hydrogen (secondary N) is 1. The zero-order chi connectivity index (χ0) is 21.5. The van der Waals surface area contributed by atoms with Gasteiger partial charge in [0.15, 0.2) is 5.13 Å². The van der Waals surface area contributed by atoms with Gasteiger partial charge in [0.25, 0.3) is 0 Å². The van der Waals surface area contributed by atoms with Crippen molar-refractivity contribution in [2.75, 3.05) is 30.5 Å². The van der Waals surface area contributed by atoms with Crippen molar-refractivity contribution in [2.24, 2.45) is 0 Å². The van der Waals surface area contributed by atoms with E-state index in [-0.39, 0.29) is 17.6 Å². The van der Waals surface area contributed by atoms with Gasteiger partial charge in [-0.05, 0) is 56.9 Å². The van der Waals surface area contributed by atoms with E-state index in [1.54, 1.807) is 7.11 Å². The third kappa shape index (κ3) is 5.76. The lowest BCUT2D eigenvalue weighted by Gasteiger charge is -2.35. The van der Waals surface area contributed by atoms with Crippen molar-refractivity contribution in [3.63, 3.8) is 0 Å². The monoisotopic (exact) mass is 447 g/mol. The van der Waals surface area contributed by atoms with E-state index >= 15 is 0 Å². The third-order valence-corrected chi connectivity index (χ3v) is 7.09. The first kappa shape index (κ1) is 22.6. The molecule has 8 heteroatoms. The zero-order valence-corrected chi connectivity index (χ0v) is 19.4. The number of hydrogen-bond donors (Lipinski definition) is 1. The van der Waals surface area contributed by atoms with E-state index in [0.717, 1.165) is 47.7 Å². The molecular weight excluding hydrogens is 418 g/mol. The number of amides is 2. The number of aromatic nitrogens is 1. The van der Waals surface area contributed by atoms with Crippen LogP contribution in [0.2, 0.25) is 0 Å². The largest absolute Gasteiger partial charge is 0.497 e. The molecule has 1 aliphatic rings. The predicted molar refractivity (Wildman–Crippen MR) is 124 cm³/mol. The normalized spacial score (nSPS) is 16.4. The maximum atomic E-state index is 12.5. The highest BCUT2D eigenvalue weighted by molar-refractivity contribution is 8.00. The summed E-state index contributed by atoms with van der Waals surface area (Å²) in [6.07, 6.45) is 4.36. The summed E-state index contributed by atoms with van der Waals surface area (Å²) >= 11 is 2.82. The van der Waals surface area contributed by atoms with Crippen molar-refractivity contribution < 1.29 is 14.3 Å². The number of piperidine rings is 1. The number of methoxy groups -OCH3 is 1. The van der Waals surface area contributed by atoms with Gasteiger partial charge in [-0.25, -0.2) is 4.98 Å². The summed E-state index contributed by atoms with van der Waals surface area (Å²) in [5, 5.41) is 3.45. The molecule has 0 saturated carbocycles. The minimum absolute atomic E-state index is 0.131. The maximum absolute atomic E-state index is 12.5. The minimum atomic E-state index is -0.131. The topological polar surface area (TPSA) is 71.5 Å². The Balaban J connectivity index is 1.49. The summed E-state index contributed by atoms with van der Waals surface area (Å²) in [5.74, 6) is 1.39. The van der Waals surface area contributed by atoms with Gasteiger partial charge in [-0.2, -0.15) is 0 Å². The van der Waals surface area contributed by atoms with Crippen LogP contribution < -0.4 is 10.1 Å². The Bertz CT molecular complexity index is 867. The second kappa shape index (κ2) is 10.8. The summed E-state index contributed by atoms with van der Waals surface area (Å²) in [4.78, 5) is 32.4. The molecule has 0 spiro atoms. The van der Waals surface area contributed by atoms with Crippen molar-refractivity contribution in [3.05, 3.63) is 29.1 Å². The summed E-state index contributed by atoms with van der Waals surface area (Å²) in [7, 11) is 1.64. The van der Waals surface area contributed by atoms with Crippen molar-refractivity contribution in [2.45, 2.75) is 45.6 Å². The average Bonchev–Trinajstić information content (AvgIpc) is 3.13. The van der Waals surface area contributed by atoms with Gasteiger partial charge in [-0.1, -0.05) is 6.92 Å². The number of carbonyl (C=O) groups excluding carboxylic acids is 2. The molecule has 1 unspecified atom stereocenters. The molecule has 2 heterocycles. The quantitative estimate of drug-likeness (QED) is 0.641. The molecule has 1 atom stereocenters. The first-order chi connectivity index (χ1) is 14.5. The Morgan fingerprint density at radius 1 is 1.27 bits per heavy atom. The van der Waals surface area contributed by atoms with Gasteiger partial charge < -0.3 is 15.0 Å². The molecule has 30 heavy (non-hydrogen) atoms. The highest BCUT2D eigenvalue weighted by Gasteiger charge is 2.25. The van der Waals surface area contributed by atoms with Crippen molar-refractivity contribution in [1.29, 1.82) is 0 Å². The first-order valence-corrected chi connectivity index (χ1v) is 12.3. The molecule has 2 amide bonds. The summed E-state index contributed by atoms with van der Waals surface area (Å²) in [5.41, 5.74) is 1.84. The Hall–Kier alpha value is -2.06. The van der Waals surface area contributed by atoms with Crippen molar-refractivity contribution in [3.8, 4) is 17.0 Å². The van der Waals surface area contributed by atoms with Crippen LogP contribution in [0, 0.1) is 6.92 Å². The summed E-state index contributed by atoms with van der Waals surface area (Å²) in [6, 6.07) is 8.06. The van der Waals surface area contributed by atoms with E-state index < -0.39 is 0 Å². The molecule has 2 aromatic rings. The summed E-state index contributed by atoms with van der Waals surface area (Å²) < 4.78 is 5.19. The van der Waals surface area contributed by atoms with Crippen LogP contribution in [0.5, 0.6) is 5.75 Å². The number of thioether (sulfide) groups is 1. The number of ether oxygens (including phenoxy) is 1. The number of carbonyl (C=O) groups is 2. The van der Waals surface area contributed by atoms with Crippen molar-refractivity contribution in [1.82, 2.24) is 9.88 Å². The maximum Gasteiger partial charge on any atom is 0.236 e. The van der Waals surface area contributed by atoms with Crippen LogP contribution in [-0.2, 0) is 9.59 Å². The SMILES string of the molecule is CCC1CCCCN1C(=O)CSCC(=O)Nc1nc(-c2ccc(OC)cc2)c(C)s1. The van der Waals surface area contributed by atoms with Crippen LogP contribution in [0.15, 0.2) is 24.3 Å². The Kier molecular flexibility index (Phi) is 8.16. The van der Waals surface area contributed by atoms with Crippen LogP contribution in [0.3, 0.4) is 0 Å². The molecule has 1 saturated heterocycles. The third-order valence-electron chi connectivity index (χ3n) is 5.28. The molecule has 1 aromatic heterocycles. The lowest BCUT2D eigenvalue weighted by Crippen LogP contribution is -2.44. The number of rotatable bonds is 8. The number of aryl methyl sites for hydroxylation is 1. The Labute approximate surface area is 186 Å². The van der Waals surface area contributed by atoms with E-state index in [1.807, 2.05) is 36.1 Å². The van der Waals surface area contributed by atoms with Gasteiger partial charge in [0, 0.05) is 23.0 Å². The molecule has 3 rings (SSSR count). The van der Waals surface area contributed by atoms with Gasteiger partial charge in [0.1, 0.15) is 5.75 Å². The fourth-order valence-electron chi connectivity index (χ4n) is 3.69. The average molecular weight is 448 g/mol. The van der Waals surface area contributed by atoms with Gasteiger partial charge in [0.05, 0.1) is 24.3 Å². The van der Waals surface area contributed by atoms with E-state index in [1.165, 1.54) is 29.5 Å². The molecule has 0 bridgehead atoms. The molecule has 1 aromatic carbocycles. The molecule has 6 nitrogen and oxygen atoms in total. The van der Waals surface area contributed by atoms with E-state index in [9.17, 15) is 9.59 Å². The van der Waals surface area contributed by atoms with Gasteiger partial charge in [-0.3, -0.25) is 9.59 Å². The second-order valence-electron chi connectivity index (χ2n) is 7.34. The second-order valence-corrected chi connectivity index (χ2v) is 9.53. The zero-order valence-electron chi connectivity index (χ0n) is 17.8. The lowest BCUT2D eigenvalue weighted by atomic mass is 10.0. The molecule has 1 fully saturated rings. The number of hydrogen-bond acceptors (Lipinski definition) is 6. The van der Waals surface area contributed by atoms with Crippen LogP contribution in [0.25, 0.3) is 11.3 Å². The molecule has 1 aliphatic heterocycles. The fourth-order valence-corrected chi connectivity index (χ4v) is 5.24. The molecule has 0 radical (unpaired) electrons.